The predicted molar refractivity (Wildman–Crippen MR) is 170 cm³/mol. The molecule has 1 fully saturated rings. The van der Waals surface area contributed by atoms with E-state index < -0.39 is 0 Å². The molecule has 0 spiro atoms. The van der Waals surface area contributed by atoms with Crippen LogP contribution in [0.5, 0.6) is 5.75 Å². The molecule has 0 radical (unpaired) electrons. The summed E-state index contributed by atoms with van der Waals surface area (Å²) < 4.78 is 6.55. The first-order chi connectivity index (χ1) is 20.3. The van der Waals surface area contributed by atoms with Crippen LogP contribution in [0.1, 0.15) is 41.8 Å². The molecule has 2 heterocycles. The number of benzene rings is 4. The quantitative estimate of drug-likeness (QED) is 0.180. The molecule has 6 heteroatoms. The fourth-order valence-corrected chi connectivity index (χ4v) is 6.71. The number of nitrogens with one attached hydrogen (secondary N) is 2. The van der Waals surface area contributed by atoms with Gasteiger partial charge in [0.25, 0.3) is 0 Å². The molecule has 2 N–H and O–H groups in total. The van der Waals surface area contributed by atoms with Gasteiger partial charge in [-0.1, -0.05) is 84.9 Å². The molecule has 1 aromatic heterocycles. The van der Waals surface area contributed by atoms with Crippen molar-refractivity contribution in [2.45, 2.75) is 31.4 Å². The Morgan fingerprint density at radius 3 is 2.51 bits per heavy atom. The smallest absolute Gasteiger partial charge is 0.220 e. The lowest BCUT2D eigenvalue weighted by Crippen LogP contribution is -2.46. The Balaban J connectivity index is 1.02. The standard InChI is InChI=1S/C35H37N3O2S/c39-35(18-7-22-38-23-21-36-25-31(38)30-15-5-11-26-9-1-3-13-28(26)30)37-20-19-33(34-17-8-24-41-34)40-32-16-6-12-27-10-2-4-14-29(27)32/h1-6,8-17,24,31,33,36H,7,18-23,25H2,(H,37,39). The summed E-state index contributed by atoms with van der Waals surface area (Å²) in [5, 5.41) is 13.7. The van der Waals surface area contributed by atoms with Crippen molar-refractivity contribution in [1.29, 1.82) is 0 Å². The van der Waals surface area contributed by atoms with Crippen molar-refractivity contribution >= 4 is 38.8 Å². The van der Waals surface area contributed by atoms with Crippen LogP contribution in [-0.2, 0) is 4.79 Å². The molecule has 1 amide bonds. The number of amides is 1. The average molecular weight is 564 g/mol. The lowest BCUT2D eigenvalue weighted by molar-refractivity contribution is -0.121. The lowest BCUT2D eigenvalue weighted by atomic mass is 9.96. The van der Waals surface area contributed by atoms with Crippen molar-refractivity contribution in [1.82, 2.24) is 15.5 Å². The first kappa shape index (κ1) is 27.5. The fourth-order valence-electron chi connectivity index (χ4n) is 5.92. The molecule has 1 aliphatic rings. The van der Waals surface area contributed by atoms with E-state index in [-0.39, 0.29) is 12.0 Å². The summed E-state index contributed by atoms with van der Waals surface area (Å²) in [4.78, 5) is 16.5. The van der Waals surface area contributed by atoms with E-state index in [9.17, 15) is 4.79 Å². The van der Waals surface area contributed by atoms with E-state index in [2.05, 4.69) is 93.7 Å². The van der Waals surface area contributed by atoms with E-state index in [0.29, 0.717) is 19.0 Å². The summed E-state index contributed by atoms with van der Waals surface area (Å²) in [6.45, 7) is 4.39. The molecule has 1 saturated heterocycles. The topological polar surface area (TPSA) is 53.6 Å². The highest BCUT2D eigenvalue weighted by Gasteiger charge is 2.25. The SMILES string of the molecule is O=C(CCCN1CCNCC1c1cccc2ccccc12)NCCC(Oc1cccc2ccccc12)c1cccs1. The average Bonchev–Trinajstić information content (AvgIpc) is 3.56. The van der Waals surface area contributed by atoms with Crippen molar-refractivity contribution in [2.24, 2.45) is 0 Å². The maximum Gasteiger partial charge on any atom is 0.220 e. The van der Waals surface area contributed by atoms with Gasteiger partial charge in [0.05, 0.1) is 0 Å². The molecule has 0 saturated carbocycles. The van der Waals surface area contributed by atoms with E-state index in [1.165, 1.54) is 21.2 Å². The van der Waals surface area contributed by atoms with Gasteiger partial charge in [-0.2, -0.15) is 0 Å². The van der Waals surface area contributed by atoms with E-state index in [4.69, 9.17) is 4.74 Å². The van der Waals surface area contributed by atoms with Crippen molar-refractivity contribution in [3.63, 3.8) is 0 Å². The Bertz CT molecular complexity index is 1570. The molecule has 6 rings (SSSR count). The number of carbonyl (C=O) groups excluding carboxylic acids is 1. The molecule has 210 valence electrons. The van der Waals surface area contributed by atoms with Crippen molar-refractivity contribution < 1.29 is 9.53 Å². The summed E-state index contributed by atoms with van der Waals surface area (Å²) >= 11 is 1.69. The molecule has 1 aliphatic heterocycles. The number of piperazine rings is 1. The van der Waals surface area contributed by atoms with Crippen LogP contribution in [-0.4, -0.2) is 43.5 Å². The van der Waals surface area contributed by atoms with E-state index in [0.717, 1.165) is 55.5 Å². The number of thiophene rings is 1. The third-order valence-corrected chi connectivity index (χ3v) is 8.96. The molecule has 2 unspecified atom stereocenters. The van der Waals surface area contributed by atoms with Crippen LogP contribution in [0.3, 0.4) is 0 Å². The number of carbonyl (C=O) groups is 1. The highest BCUT2D eigenvalue weighted by Crippen LogP contribution is 2.33. The molecule has 4 aromatic carbocycles. The summed E-state index contributed by atoms with van der Waals surface area (Å²) in [6.07, 6.45) is 1.98. The van der Waals surface area contributed by atoms with Gasteiger partial charge in [0.15, 0.2) is 0 Å². The Labute approximate surface area is 246 Å². The zero-order valence-corrected chi connectivity index (χ0v) is 24.1. The van der Waals surface area contributed by atoms with Crippen LogP contribution in [0.25, 0.3) is 21.5 Å². The second-order valence-electron chi connectivity index (χ2n) is 10.7. The Hall–Kier alpha value is -3.71. The predicted octanol–water partition coefficient (Wildman–Crippen LogP) is 7.11. The second-order valence-corrected chi connectivity index (χ2v) is 11.6. The van der Waals surface area contributed by atoms with Crippen LogP contribution in [0.4, 0.5) is 0 Å². The van der Waals surface area contributed by atoms with Crippen LogP contribution in [0.2, 0.25) is 0 Å². The van der Waals surface area contributed by atoms with Crippen LogP contribution >= 0.6 is 11.3 Å². The minimum Gasteiger partial charge on any atom is -0.484 e. The molecular weight excluding hydrogens is 526 g/mol. The van der Waals surface area contributed by atoms with Gasteiger partial charge in [-0.25, -0.2) is 0 Å². The largest absolute Gasteiger partial charge is 0.484 e. The van der Waals surface area contributed by atoms with Gasteiger partial charge in [-0.3, -0.25) is 9.69 Å². The highest BCUT2D eigenvalue weighted by molar-refractivity contribution is 7.10. The zero-order chi connectivity index (χ0) is 27.9. The number of hydrogen-bond acceptors (Lipinski definition) is 5. The third kappa shape index (κ3) is 6.62. The Morgan fingerprint density at radius 2 is 1.68 bits per heavy atom. The van der Waals surface area contributed by atoms with E-state index >= 15 is 0 Å². The van der Waals surface area contributed by atoms with Crippen molar-refractivity contribution in [3.8, 4) is 5.75 Å². The first-order valence-electron chi connectivity index (χ1n) is 14.6. The minimum absolute atomic E-state index is 0.108. The van der Waals surface area contributed by atoms with Gasteiger partial charge >= 0.3 is 0 Å². The molecule has 2 atom stereocenters. The molecule has 5 aromatic rings. The van der Waals surface area contributed by atoms with Crippen LogP contribution in [0, 0.1) is 0 Å². The van der Waals surface area contributed by atoms with Gasteiger partial charge in [-0.15, -0.1) is 11.3 Å². The van der Waals surface area contributed by atoms with Gasteiger partial charge < -0.3 is 15.4 Å². The maximum atomic E-state index is 12.8. The number of rotatable bonds is 11. The Kier molecular flexibility index (Phi) is 8.91. The van der Waals surface area contributed by atoms with E-state index in [1.54, 1.807) is 11.3 Å². The highest BCUT2D eigenvalue weighted by atomic mass is 32.1. The maximum absolute atomic E-state index is 12.8. The first-order valence-corrected chi connectivity index (χ1v) is 15.5. The van der Waals surface area contributed by atoms with Gasteiger partial charge in [-0.05, 0) is 52.2 Å². The third-order valence-electron chi connectivity index (χ3n) is 7.99. The van der Waals surface area contributed by atoms with Crippen LogP contribution < -0.4 is 15.4 Å². The van der Waals surface area contributed by atoms with Gasteiger partial charge in [0.2, 0.25) is 5.91 Å². The van der Waals surface area contributed by atoms with Crippen molar-refractivity contribution in [3.05, 3.63) is 113 Å². The molecule has 0 bridgehead atoms. The van der Waals surface area contributed by atoms with Crippen LogP contribution in [0.15, 0.2) is 102 Å². The summed E-state index contributed by atoms with van der Waals surface area (Å²) in [7, 11) is 0. The fraction of sp³-hybridized carbons (Fsp3) is 0.286. The summed E-state index contributed by atoms with van der Waals surface area (Å²) in [5.41, 5.74) is 1.37. The van der Waals surface area contributed by atoms with Crippen molar-refractivity contribution in [2.75, 3.05) is 32.7 Å². The summed E-state index contributed by atoms with van der Waals surface area (Å²) in [6, 6.07) is 34.2. The number of nitrogens with zero attached hydrogens (tertiary/aromatic N) is 1. The monoisotopic (exact) mass is 563 g/mol. The normalized spacial score (nSPS) is 16.5. The minimum atomic E-state index is -0.108. The molecular formula is C35H37N3O2S. The zero-order valence-electron chi connectivity index (χ0n) is 23.3. The number of ether oxygens (including phenoxy) is 1. The number of hydrogen-bond donors (Lipinski definition) is 2. The lowest BCUT2D eigenvalue weighted by Gasteiger charge is -2.37. The molecule has 5 nitrogen and oxygen atoms in total. The Morgan fingerprint density at radius 1 is 0.927 bits per heavy atom. The molecule has 0 aliphatic carbocycles. The van der Waals surface area contributed by atoms with Gasteiger partial charge in [0.1, 0.15) is 11.9 Å². The van der Waals surface area contributed by atoms with Gasteiger partial charge in [0, 0.05) is 55.3 Å². The van der Waals surface area contributed by atoms with E-state index in [1.807, 2.05) is 24.3 Å². The second kappa shape index (κ2) is 13.3. The number of fused-ring (bicyclic) bond motifs is 2. The molecule has 41 heavy (non-hydrogen) atoms. The summed E-state index contributed by atoms with van der Waals surface area (Å²) in [5.74, 6) is 0.988.